The lowest BCUT2D eigenvalue weighted by atomic mass is 9.75. The van der Waals surface area contributed by atoms with Gasteiger partial charge < -0.3 is 5.11 Å². The molecular formula is C21H29N4O3+. The van der Waals surface area contributed by atoms with Crippen LogP contribution in [0, 0.1) is 23.2 Å². The fourth-order valence-corrected chi connectivity index (χ4v) is 6.44. The number of imide groups is 1. The maximum Gasteiger partial charge on any atom is 0.446 e. The number of hydrogen-bond acceptors (Lipinski definition) is 5. The van der Waals surface area contributed by atoms with E-state index in [-0.39, 0.29) is 24.0 Å². The molecule has 4 bridgehead atoms. The molecule has 2 aliphatic heterocycles. The van der Waals surface area contributed by atoms with E-state index in [9.17, 15) is 14.7 Å². The van der Waals surface area contributed by atoms with Crippen molar-refractivity contribution in [2.24, 2.45) is 33.2 Å². The second-order valence-corrected chi connectivity index (χ2v) is 9.24. The lowest BCUT2D eigenvalue weighted by molar-refractivity contribution is -0.437. The Balaban J connectivity index is 1.54. The zero-order valence-electron chi connectivity index (χ0n) is 16.6. The zero-order valence-corrected chi connectivity index (χ0v) is 16.6. The van der Waals surface area contributed by atoms with Crippen LogP contribution < -0.4 is 0 Å². The van der Waals surface area contributed by atoms with Crippen LogP contribution in [0.5, 0.6) is 0 Å². The molecule has 0 aromatic rings. The number of amidine groups is 2. The minimum absolute atomic E-state index is 0.00160. The fourth-order valence-electron chi connectivity index (χ4n) is 6.44. The van der Waals surface area contributed by atoms with Crippen molar-refractivity contribution in [3.63, 3.8) is 0 Å². The van der Waals surface area contributed by atoms with Crippen LogP contribution in [0.15, 0.2) is 9.98 Å². The number of unbranched alkanes of at least 4 members (excludes halogenated alkanes) is 1. The van der Waals surface area contributed by atoms with E-state index in [0.29, 0.717) is 37.0 Å². The van der Waals surface area contributed by atoms with Crippen molar-refractivity contribution in [2.75, 3.05) is 19.7 Å². The molecule has 4 saturated carbocycles. The maximum atomic E-state index is 13.1. The topological polar surface area (TPSA) is 85.3 Å². The molecule has 0 spiro atoms. The van der Waals surface area contributed by atoms with Crippen molar-refractivity contribution < 1.29 is 19.3 Å². The van der Waals surface area contributed by atoms with Gasteiger partial charge in [0, 0.05) is 13.0 Å². The van der Waals surface area contributed by atoms with E-state index < -0.39 is 0 Å². The number of carbonyl (C=O) groups excluding carboxylic acids is 2. The van der Waals surface area contributed by atoms with Crippen molar-refractivity contribution in [1.29, 1.82) is 0 Å². The Morgan fingerprint density at radius 2 is 1.89 bits per heavy atom. The van der Waals surface area contributed by atoms with Gasteiger partial charge in [-0.2, -0.15) is 9.48 Å². The van der Waals surface area contributed by atoms with Gasteiger partial charge in [0.25, 0.3) is 0 Å². The van der Waals surface area contributed by atoms with Crippen LogP contribution in [0.3, 0.4) is 0 Å². The lowest BCUT2D eigenvalue weighted by Gasteiger charge is -2.29. The minimum Gasteiger partial charge on any atom is -0.396 e. The smallest absolute Gasteiger partial charge is 0.396 e. The molecule has 0 radical (unpaired) electrons. The fraction of sp³-hybridized carbons (Fsp3) is 0.762. The normalized spacial score (nSPS) is 35.8. The van der Waals surface area contributed by atoms with Crippen LogP contribution in [-0.4, -0.2) is 63.6 Å². The molecule has 2 heterocycles. The summed E-state index contributed by atoms with van der Waals surface area (Å²) in [6.45, 7) is 2.80. The van der Waals surface area contributed by atoms with Crippen LogP contribution in [0.2, 0.25) is 0 Å². The van der Waals surface area contributed by atoms with Gasteiger partial charge in [-0.05, 0) is 56.3 Å². The standard InChI is InChI=1S/C21H29N4O3/c1-2-3-5-25-18(27)16-17(24(20(25)28)6-4-7-26)23-19(22-16)21-11-13-8-14(12-21)10-15(21)9-13/h13-15,26H,2-12H2,1H3/q+1. The van der Waals surface area contributed by atoms with Gasteiger partial charge in [-0.25, -0.2) is 14.6 Å². The average Bonchev–Trinajstić information content (AvgIpc) is 3.30. The third kappa shape index (κ3) is 2.48. The van der Waals surface area contributed by atoms with Gasteiger partial charge in [-0.3, -0.25) is 0 Å². The quantitative estimate of drug-likeness (QED) is 0.682. The molecule has 7 heteroatoms. The predicted octanol–water partition coefficient (Wildman–Crippen LogP) is 2.22. The highest BCUT2D eigenvalue weighted by atomic mass is 16.3. The van der Waals surface area contributed by atoms with Gasteiger partial charge >= 0.3 is 17.8 Å². The van der Waals surface area contributed by atoms with Crippen LogP contribution in [0.25, 0.3) is 0 Å². The number of amides is 3. The number of aliphatic imine (C=N–C) groups is 2. The minimum atomic E-state index is -0.319. The maximum absolute atomic E-state index is 13.1. The molecule has 28 heavy (non-hydrogen) atoms. The summed E-state index contributed by atoms with van der Waals surface area (Å²) in [7, 11) is 0. The van der Waals surface area contributed by atoms with Crippen LogP contribution >= 0.6 is 0 Å². The van der Waals surface area contributed by atoms with Gasteiger partial charge in [0.05, 0.1) is 18.5 Å². The van der Waals surface area contributed by atoms with Crippen molar-refractivity contribution in [3.05, 3.63) is 0 Å². The Morgan fingerprint density at radius 1 is 1.14 bits per heavy atom. The number of fused-ring (bicyclic) bond motifs is 1. The monoisotopic (exact) mass is 385 g/mol. The van der Waals surface area contributed by atoms with Gasteiger partial charge in [-0.1, -0.05) is 18.3 Å². The molecule has 6 aliphatic rings. The molecule has 4 aliphatic carbocycles. The molecule has 2 atom stereocenters. The first-order valence-corrected chi connectivity index (χ1v) is 10.9. The van der Waals surface area contributed by atoms with Crippen molar-refractivity contribution in [1.82, 2.24) is 4.90 Å². The van der Waals surface area contributed by atoms with Gasteiger partial charge in [-0.15, -0.1) is 0 Å². The second-order valence-electron chi connectivity index (χ2n) is 9.24. The summed E-state index contributed by atoms with van der Waals surface area (Å²) in [4.78, 5) is 37.0. The van der Waals surface area contributed by atoms with E-state index in [1.54, 1.807) is 4.58 Å². The highest BCUT2D eigenvalue weighted by Gasteiger charge is 2.63. The van der Waals surface area contributed by atoms with Crippen molar-refractivity contribution in [3.8, 4) is 0 Å². The van der Waals surface area contributed by atoms with Gasteiger partial charge in [0.1, 0.15) is 0 Å². The van der Waals surface area contributed by atoms with E-state index in [1.807, 2.05) is 6.92 Å². The van der Waals surface area contributed by atoms with Crippen molar-refractivity contribution >= 4 is 29.3 Å². The first kappa shape index (κ1) is 18.2. The van der Waals surface area contributed by atoms with Gasteiger partial charge in [0.2, 0.25) is 11.5 Å². The first-order valence-electron chi connectivity index (χ1n) is 10.9. The highest BCUT2D eigenvalue weighted by Crippen LogP contribution is 2.66. The average molecular weight is 385 g/mol. The molecule has 0 saturated heterocycles. The highest BCUT2D eigenvalue weighted by molar-refractivity contribution is 6.70. The molecule has 2 unspecified atom stereocenters. The van der Waals surface area contributed by atoms with E-state index in [2.05, 4.69) is 0 Å². The summed E-state index contributed by atoms with van der Waals surface area (Å²) in [5.74, 6) is 3.11. The number of urea groups is 1. The van der Waals surface area contributed by atoms with E-state index in [4.69, 9.17) is 9.98 Å². The van der Waals surface area contributed by atoms with E-state index in [1.165, 1.54) is 24.2 Å². The third-order valence-electron chi connectivity index (χ3n) is 7.52. The molecule has 4 fully saturated rings. The Morgan fingerprint density at radius 3 is 2.57 bits per heavy atom. The Hall–Kier alpha value is -1.89. The number of hydrogen-bond donors (Lipinski definition) is 1. The molecular weight excluding hydrogens is 356 g/mol. The zero-order chi connectivity index (χ0) is 19.5. The summed E-state index contributed by atoms with van der Waals surface area (Å²) < 4.78 is 1.56. The van der Waals surface area contributed by atoms with Crippen LogP contribution in [-0.2, 0) is 4.79 Å². The number of rotatable bonds is 7. The summed E-state index contributed by atoms with van der Waals surface area (Å²) in [6, 6.07) is -0.319. The van der Waals surface area contributed by atoms with Crippen molar-refractivity contribution in [2.45, 2.75) is 58.3 Å². The number of carbonyl (C=O) groups is 2. The van der Waals surface area contributed by atoms with E-state index in [0.717, 1.165) is 43.4 Å². The SMILES string of the molecule is CCCCN1C(=O)C2=NC(C34CC5CC(CC3C5)C4)=NC2=[N+](CCCO)C1=O. The molecule has 6 rings (SSSR count). The Bertz CT molecular complexity index is 814. The predicted molar refractivity (Wildman–Crippen MR) is 105 cm³/mol. The molecule has 0 aromatic carbocycles. The Labute approximate surface area is 165 Å². The lowest BCUT2D eigenvalue weighted by Crippen LogP contribution is -2.54. The molecule has 0 aromatic heterocycles. The van der Waals surface area contributed by atoms with Crippen LogP contribution in [0.4, 0.5) is 4.79 Å². The summed E-state index contributed by atoms with van der Waals surface area (Å²) in [6.07, 6.45) is 8.28. The number of nitrogens with zero attached hydrogens (tertiary/aromatic N) is 4. The molecule has 150 valence electrons. The summed E-state index contributed by atoms with van der Waals surface area (Å²) >= 11 is 0. The third-order valence-corrected chi connectivity index (χ3v) is 7.52. The number of aliphatic hydroxyl groups is 1. The van der Waals surface area contributed by atoms with E-state index >= 15 is 0 Å². The molecule has 1 N–H and O–H groups in total. The van der Waals surface area contributed by atoms with Gasteiger partial charge in [0.15, 0.2) is 0 Å². The summed E-state index contributed by atoms with van der Waals surface area (Å²) in [5.41, 5.74) is 0.356. The number of aliphatic hydroxyl groups excluding tert-OH is 1. The molecule has 7 nitrogen and oxygen atoms in total. The summed E-state index contributed by atoms with van der Waals surface area (Å²) in [5, 5.41) is 9.27. The first-order chi connectivity index (χ1) is 13.6. The second kappa shape index (κ2) is 6.58. The van der Waals surface area contributed by atoms with Crippen LogP contribution in [0.1, 0.15) is 58.3 Å². The largest absolute Gasteiger partial charge is 0.446 e. The molecule has 3 amide bonds. The Kier molecular flexibility index (Phi) is 4.27.